The van der Waals surface area contributed by atoms with Gasteiger partial charge in [-0.05, 0) is 59.9 Å². The van der Waals surface area contributed by atoms with Crippen LogP contribution in [0.2, 0.25) is 10.0 Å². The highest BCUT2D eigenvalue weighted by molar-refractivity contribution is 7.80. The summed E-state index contributed by atoms with van der Waals surface area (Å²) in [5, 5.41) is 22.5. The largest absolute Gasteiger partial charge is 0.497 e. The number of hydrogen-bond donors (Lipinski definition) is 3. The molecule has 0 bridgehead atoms. The Morgan fingerprint density at radius 3 is 2.63 bits per heavy atom. The molecule has 0 aliphatic heterocycles. The van der Waals surface area contributed by atoms with Crippen LogP contribution < -0.4 is 25.4 Å². The molecule has 0 aliphatic rings. The van der Waals surface area contributed by atoms with Gasteiger partial charge in [-0.2, -0.15) is 4.80 Å². The Bertz CT molecular complexity index is 1430. The summed E-state index contributed by atoms with van der Waals surface area (Å²) in [7, 11) is 1.60. The van der Waals surface area contributed by atoms with Gasteiger partial charge >= 0.3 is 0 Å². The Hall–Kier alpha value is -3.93. The molecule has 13 heteroatoms. The average Bonchev–Trinajstić information content (AvgIpc) is 3.37. The molecule has 4 rings (SSSR count). The Labute approximate surface area is 234 Å². The number of nitrogens with one attached hydrogen (secondary N) is 3. The summed E-state index contributed by atoms with van der Waals surface area (Å²) in [5.41, 5.74) is 1.38. The lowest BCUT2D eigenvalue weighted by Gasteiger charge is -2.11. The third kappa shape index (κ3) is 7.54. The van der Waals surface area contributed by atoms with Crippen LogP contribution in [0.5, 0.6) is 17.2 Å². The number of methoxy groups -OCH3 is 1. The molecule has 38 heavy (non-hydrogen) atoms. The van der Waals surface area contributed by atoms with Crippen LogP contribution in [0.15, 0.2) is 66.7 Å². The highest BCUT2D eigenvalue weighted by atomic mass is 35.5. The molecule has 1 aromatic heterocycles. The minimum Gasteiger partial charge on any atom is -0.497 e. The molecule has 3 aromatic carbocycles. The second-order valence-corrected chi connectivity index (χ2v) is 9.03. The SMILES string of the molecule is COc1cccc(NC(=S)NCCNC(=O)Cn2nnc(-c3ccccc3Oc3ccc(Cl)cc3Cl)n2)c1. The van der Waals surface area contributed by atoms with Crippen LogP contribution in [0.25, 0.3) is 11.4 Å². The van der Waals surface area contributed by atoms with Gasteiger partial charge in [0.05, 0.1) is 17.7 Å². The van der Waals surface area contributed by atoms with Gasteiger partial charge in [-0.3, -0.25) is 4.79 Å². The van der Waals surface area contributed by atoms with Gasteiger partial charge in [-0.25, -0.2) is 0 Å². The topological polar surface area (TPSA) is 115 Å². The molecule has 0 radical (unpaired) electrons. The molecular weight excluding hydrogens is 549 g/mol. The van der Waals surface area contributed by atoms with Gasteiger partial charge in [0.2, 0.25) is 11.7 Å². The number of carbonyl (C=O) groups is 1. The number of carbonyl (C=O) groups excluding carboxylic acids is 1. The van der Waals surface area contributed by atoms with Crippen molar-refractivity contribution in [1.29, 1.82) is 0 Å². The Kier molecular flexibility index (Phi) is 9.30. The lowest BCUT2D eigenvalue weighted by Crippen LogP contribution is -2.38. The summed E-state index contributed by atoms with van der Waals surface area (Å²) >= 11 is 17.5. The standard InChI is InChI=1S/C25H23Cl2N7O3S/c1-36-18-6-4-5-17(14-18)30-25(38)29-12-11-28-23(35)15-34-32-24(31-33-34)19-7-2-3-8-21(19)37-22-10-9-16(26)13-20(22)27/h2-10,13-14H,11-12,15H2,1H3,(H,28,35)(H2,29,30,38). The molecule has 0 saturated heterocycles. The molecular formula is C25H23Cl2N7O3S. The number of amides is 1. The molecule has 1 heterocycles. The monoisotopic (exact) mass is 571 g/mol. The van der Waals surface area contributed by atoms with Crippen molar-refractivity contribution in [3.8, 4) is 28.6 Å². The fraction of sp³-hybridized carbons (Fsp3) is 0.160. The maximum Gasteiger partial charge on any atom is 0.243 e. The molecule has 0 spiro atoms. The second kappa shape index (κ2) is 13.0. The fourth-order valence-electron chi connectivity index (χ4n) is 3.27. The number of thiocarbonyl (C=S) groups is 1. The van der Waals surface area contributed by atoms with Crippen LogP contribution in [0.4, 0.5) is 5.69 Å². The Morgan fingerprint density at radius 2 is 1.82 bits per heavy atom. The number of para-hydroxylation sites is 1. The van der Waals surface area contributed by atoms with Crippen LogP contribution in [0, 0.1) is 0 Å². The van der Waals surface area contributed by atoms with Crippen molar-refractivity contribution in [2.24, 2.45) is 0 Å². The normalized spacial score (nSPS) is 10.5. The van der Waals surface area contributed by atoms with Gasteiger partial charge in [0.15, 0.2) is 5.11 Å². The van der Waals surface area contributed by atoms with Crippen LogP contribution in [0.1, 0.15) is 0 Å². The number of tetrazole rings is 1. The Balaban J connectivity index is 1.27. The van der Waals surface area contributed by atoms with Gasteiger partial charge in [0.25, 0.3) is 0 Å². The molecule has 0 unspecified atom stereocenters. The highest BCUT2D eigenvalue weighted by Crippen LogP contribution is 2.35. The van der Waals surface area contributed by atoms with E-state index in [-0.39, 0.29) is 12.5 Å². The molecule has 1 amide bonds. The summed E-state index contributed by atoms with van der Waals surface area (Å²) in [5.74, 6) is 1.65. The minimum absolute atomic E-state index is 0.106. The zero-order valence-corrected chi connectivity index (χ0v) is 22.5. The van der Waals surface area contributed by atoms with E-state index >= 15 is 0 Å². The molecule has 3 N–H and O–H groups in total. The van der Waals surface area contributed by atoms with E-state index in [9.17, 15) is 4.79 Å². The van der Waals surface area contributed by atoms with Gasteiger partial charge in [-0.1, -0.05) is 41.4 Å². The first kappa shape index (κ1) is 27.1. The first-order valence-electron chi connectivity index (χ1n) is 11.4. The number of ether oxygens (including phenoxy) is 2. The maximum atomic E-state index is 12.4. The number of anilines is 1. The van der Waals surface area contributed by atoms with Crippen molar-refractivity contribution in [1.82, 2.24) is 30.8 Å². The van der Waals surface area contributed by atoms with E-state index in [1.807, 2.05) is 36.4 Å². The van der Waals surface area contributed by atoms with Gasteiger partial charge < -0.3 is 25.4 Å². The lowest BCUT2D eigenvalue weighted by atomic mass is 10.2. The van der Waals surface area contributed by atoms with Gasteiger partial charge in [-0.15, -0.1) is 10.2 Å². The van der Waals surface area contributed by atoms with Crippen LogP contribution in [0.3, 0.4) is 0 Å². The molecule has 0 saturated carbocycles. The van der Waals surface area contributed by atoms with Crippen LogP contribution in [-0.2, 0) is 11.3 Å². The summed E-state index contributed by atoms with van der Waals surface area (Å²) in [6.07, 6.45) is 0. The van der Waals surface area contributed by atoms with E-state index in [0.29, 0.717) is 51.1 Å². The predicted molar refractivity (Wildman–Crippen MR) is 150 cm³/mol. The highest BCUT2D eigenvalue weighted by Gasteiger charge is 2.15. The number of aromatic nitrogens is 4. The summed E-state index contributed by atoms with van der Waals surface area (Å²) in [6, 6.07) is 19.5. The fourth-order valence-corrected chi connectivity index (χ4v) is 3.94. The molecule has 0 atom stereocenters. The maximum absolute atomic E-state index is 12.4. The van der Waals surface area contributed by atoms with Crippen molar-refractivity contribution in [2.45, 2.75) is 6.54 Å². The molecule has 0 aliphatic carbocycles. The summed E-state index contributed by atoms with van der Waals surface area (Å²) in [6.45, 7) is 0.667. The molecule has 4 aromatic rings. The van der Waals surface area contributed by atoms with E-state index in [1.54, 1.807) is 37.4 Å². The number of nitrogens with zero attached hydrogens (tertiary/aromatic N) is 4. The predicted octanol–water partition coefficient (Wildman–Crippen LogP) is 4.55. The summed E-state index contributed by atoms with van der Waals surface area (Å²) < 4.78 is 11.1. The lowest BCUT2D eigenvalue weighted by molar-refractivity contribution is -0.122. The second-order valence-electron chi connectivity index (χ2n) is 7.78. The summed E-state index contributed by atoms with van der Waals surface area (Å²) in [4.78, 5) is 13.6. The number of benzene rings is 3. The Morgan fingerprint density at radius 1 is 1.00 bits per heavy atom. The molecule has 10 nitrogen and oxygen atoms in total. The van der Waals surface area contributed by atoms with Crippen molar-refractivity contribution in [2.75, 3.05) is 25.5 Å². The smallest absolute Gasteiger partial charge is 0.243 e. The van der Waals surface area contributed by atoms with Crippen molar-refractivity contribution < 1.29 is 14.3 Å². The minimum atomic E-state index is -0.278. The van der Waals surface area contributed by atoms with Crippen LogP contribution >= 0.6 is 35.4 Å². The zero-order chi connectivity index (χ0) is 26.9. The average molecular weight is 572 g/mol. The van der Waals surface area contributed by atoms with Gasteiger partial charge in [0, 0.05) is 29.9 Å². The molecule has 196 valence electrons. The van der Waals surface area contributed by atoms with Crippen LogP contribution in [-0.4, -0.2) is 51.4 Å². The third-order valence-corrected chi connectivity index (χ3v) is 5.82. The zero-order valence-electron chi connectivity index (χ0n) is 20.1. The first-order valence-corrected chi connectivity index (χ1v) is 12.5. The van der Waals surface area contributed by atoms with E-state index < -0.39 is 0 Å². The number of hydrogen-bond acceptors (Lipinski definition) is 7. The van der Waals surface area contributed by atoms with Crippen molar-refractivity contribution >= 4 is 52.1 Å². The third-order valence-electron chi connectivity index (χ3n) is 5.04. The van der Waals surface area contributed by atoms with Gasteiger partial charge in [0.1, 0.15) is 23.8 Å². The van der Waals surface area contributed by atoms with E-state index in [2.05, 4.69) is 31.4 Å². The number of rotatable bonds is 10. The first-order chi connectivity index (χ1) is 18.4. The van der Waals surface area contributed by atoms with E-state index in [1.165, 1.54) is 4.80 Å². The quantitative estimate of drug-likeness (QED) is 0.186. The van der Waals surface area contributed by atoms with E-state index in [0.717, 1.165) is 11.4 Å². The molecule has 0 fully saturated rings. The van der Waals surface area contributed by atoms with Crippen molar-refractivity contribution in [3.63, 3.8) is 0 Å². The number of halogens is 2. The van der Waals surface area contributed by atoms with Crippen molar-refractivity contribution in [3.05, 3.63) is 76.8 Å². The van der Waals surface area contributed by atoms with E-state index in [4.69, 9.17) is 44.9 Å².